The van der Waals surface area contributed by atoms with Gasteiger partial charge in [-0.15, -0.1) is 0 Å². The maximum atomic E-state index is 13.8. The van der Waals surface area contributed by atoms with Gasteiger partial charge < -0.3 is 15.1 Å². The minimum Gasteiger partial charge on any atom is -0.451 e. The lowest BCUT2D eigenvalue weighted by Crippen LogP contribution is -2.37. The molecule has 0 unspecified atom stereocenters. The van der Waals surface area contributed by atoms with Crippen LogP contribution in [0, 0.1) is 11.7 Å². The van der Waals surface area contributed by atoms with Gasteiger partial charge >= 0.3 is 5.91 Å². The van der Waals surface area contributed by atoms with Gasteiger partial charge in [0.05, 0.1) is 0 Å². The van der Waals surface area contributed by atoms with Crippen molar-refractivity contribution in [1.29, 1.82) is 0 Å². The number of halogens is 1. The first-order valence-corrected chi connectivity index (χ1v) is 11.6. The molecule has 0 saturated carbocycles. The summed E-state index contributed by atoms with van der Waals surface area (Å²) in [6.45, 7) is 1.96. The summed E-state index contributed by atoms with van der Waals surface area (Å²) < 4.78 is 45.8. The zero-order chi connectivity index (χ0) is 22.7. The van der Waals surface area contributed by atoms with Gasteiger partial charge in [-0.05, 0) is 55.8 Å². The second-order valence-electron chi connectivity index (χ2n) is 7.59. The van der Waals surface area contributed by atoms with Gasteiger partial charge in [0.2, 0.25) is 5.91 Å². The molecule has 1 fully saturated rings. The minimum atomic E-state index is -4.40. The molecular weight excluding hydrogens is 437 g/mol. The molecule has 0 atom stereocenters. The molecule has 2 heterocycles. The first-order valence-electron chi connectivity index (χ1n) is 10.2. The van der Waals surface area contributed by atoms with Crippen LogP contribution in [0.15, 0.2) is 57.8 Å². The van der Waals surface area contributed by atoms with Crippen molar-refractivity contribution < 1.29 is 26.8 Å². The van der Waals surface area contributed by atoms with Crippen molar-refractivity contribution in [2.45, 2.75) is 24.3 Å². The van der Waals surface area contributed by atoms with Crippen LogP contribution in [0.25, 0.3) is 11.0 Å². The zero-order valence-corrected chi connectivity index (χ0v) is 17.9. The number of fused-ring (bicyclic) bond motifs is 1. The first-order chi connectivity index (χ1) is 15.3. The summed E-state index contributed by atoms with van der Waals surface area (Å²) in [5.41, 5.74) is 1.15. The Morgan fingerprint density at radius 3 is 2.59 bits per heavy atom. The van der Waals surface area contributed by atoms with Crippen LogP contribution in [0.5, 0.6) is 0 Å². The number of rotatable bonds is 6. The van der Waals surface area contributed by atoms with Crippen molar-refractivity contribution in [3.63, 3.8) is 0 Å². The summed E-state index contributed by atoms with van der Waals surface area (Å²) in [6.07, 6.45) is 1.61. The van der Waals surface area contributed by atoms with E-state index in [2.05, 4.69) is 10.6 Å². The number of benzene rings is 2. The molecule has 1 aliphatic rings. The average Bonchev–Trinajstić information content (AvgIpc) is 3.21. The van der Waals surface area contributed by atoms with E-state index >= 15 is 0 Å². The van der Waals surface area contributed by atoms with E-state index in [0.717, 1.165) is 43.6 Å². The zero-order valence-electron chi connectivity index (χ0n) is 17.1. The molecule has 10 heteroatoms. The van der Waals surface area contributed by atoms with Crippen LogP contribution in [0.3, 0.4) is 0 Å². The molecule has 0 spiro atoms. The van der Waals surface area contributed by atoms with Crippen molar-refractivity contribution in [2.24, 2.45) is 5.92 Å². The largest absolute Gasteiger partial charge is 0.451 e. The third-order valence-electron chi connectivity index (χ3n) is 5.34. The number of hydrogen-bond donors (Lipinski definition) is 3. The highest BCUT2D eigenvalue weighted by Gasteiger charge is 2.24. The Labute approximate surface area is 184 Å². The SMILES string of the molecule is O=C(NS(=O)(=O)c1ccccc1F)c1cc2ccc(CNC(=O)C3CCNCC3)cc2o1. The second-order valence-corrected chi connectivity index (χ2v) is 9.24. The molecule has 1 aromatic heterocycles. The van der Waals surface area contributed by atoms with Crippen molar-refractivity contribution in [2.75, 3.05) is 13.1 Å². The topological polar surface area (TPSA) is 118 Å². The lowest BCUT2D eigenvalue weighted by atomic mass is 9.97. The van der Waals surface area contributed by atoms with E-state index in [4.69, 9.17) is 4.42 Å². The van der Waals surface area contributed by atoms with Crippen molar-refractivity contribution in [1.82, 2.24) is 15.4 Å². The molecule has 2 aromatic carbocycles. The van der Waals surface area contributed by atoms with Gasteiger partial charge in [-0.2, -0.15) is 0 Å². The van der Waals surface area contributed by atoms with Crippen LogP contribution >= 0.6 is 0 Å². The van der Waals surface area contributed by atoms with Crippen molar-refractivity contribution in [3.05, 3.63) is 65.7 Å². The lowest BCUT2D eigenvalue weighted by Gasteiger charge is -2.21. The van der Waals surface area contributed by atoms with E-state index in [1.54, 1.807) is 18.2 Å². The van der Waals surface area contributed by atoms with Crippen LogP contribution in [-0.4, -0.2) is 33.3 Å². The van der Waals surface area contributed by atoms with E-state index in [1.165, 1.54) is 18.2 Å². The van der Waals surface area contributed by atoms with Gasteiger partial charge in [0.1, 0.15) is 16.3 Å². The summed E-state index contributed by atoms with van der Waals surface area (Å²) >= 11 is 0. The highest BCUT2D eigenvalue weighted by Crippen LogP contribution is 2.22. The highest BCUT2D eigenvalue weighted by atomic mass is 32.2. The van der Waals surface area contributed by atoms with Crippen molar-refractivity contribution >= 4 is 32.8 Å². The Morgan fingerprint density at radius 2 is 1.84 bits per heavy atom. The number of furan rings is 1. The summed E-state index contributed by atoms with van der Waals surface area (Å²) in [6, 6.07) is 11.3. The highest BCUT2D eigenvalue weighted by molar-refractivity contribution is 7.90. The maximum absolute atomic E-state index is 13.8. The van der Waals surface area contributed by atoms with Crippen LogP contribution in [0.2, 0.25) is 0 Å². The molecule has 1 saturated heterocycles. The van der Waals surface area contributed by atoms with E-state index < -0.39 is 26.6 Å². The second kappa shape index (κ2) is 9.09. The Bertz CT molecular complexity index is 1270. The molecule has 32 heavy (non-hydrogen) atoms. The fraction of sp³-hybridized carbons (Fsp3) is 0.273. The summed E-state index contributed by atoms with van der Waals surface area (Å²) in [4.78, 5) is 24.1. The molecule has 168 valence electrons. The number of piperidine rings is 1. The summed E-state index contributed by atoms with van der Waals surface area (Å²) in [5, 5.41) is 6.72. The Morgan fingerprint density at radius 1 is 1.09 bits per heavy atom. The average molecular weight is 459 g/mol. The molecule has 0 aliphatic carbocycles. The molecule has 0 radical (unpaired) electrons. The Balaban J connectivity index is 1.45. The molecule has 8 nitrogen and oxygen atoms in total. The Kier molecular flexibility index (Phi) is 6.24. The normalized spacial score (nSPS) is 14.9. The van der Waals surface area contributed by atoms with Crippen molar-refractivity contribution in [3.8, 4) is 0 Å². The Hall–Kier alpha value is -3.24. The standard InChI is InChI=1S/C22H22FN3O5S/c23-17-3-1-2-4-20(17)32(29,30)26-22(28)19-12-16-6-5-14(11-18(16)31-19)13-25-21(27)15-7-9-24-10-8-15/h1-6,11-12,15,24H,7-10,13H2,(H,25,27)(H,26,28). The van der Waals surface area contributed by atoms with Crippen LogP contribution in [0.4, 0.5) is 4.39 Å². The molecule has 1 aliphatic heterocycles. The third kappa shape index (κ3) is 4.81. The van der Waals surface area contributed by atoms with Gasteiger partial charge in [0.15, 0.2) is 5.76 Å². The molecular formula is C22H22FN3O5S. The molecule has 2 amide bonds. The predicted molar refractivity (Wildman–Crippen MR) is 115 cm³/mol. The van der Waals surface area contributed by atoms with Crippen LogP contribution in [-0.2, 0) is 21.4 Å². The summed E-state index contributed by atoms with van der Waals surface area (Å²) in [7, 11) is -4.40. The van der Waals surface area contributed by atoms with Gasteiger partial charge in [-0.25, -0.2) is 17.5 Å². The maximum Gasteiger partial charge on any atom is 0.300 e. The van der Waals surface area contributed by atoms with Gasteiger partial charge in [0, 0.05) is 17.8 Å². The predicted octanol–water partition coefficient (Wildman–Crippen LogP) is 2.31. The van der Waals surface area contributed by atoms with Gasteiger partial charge in [0.25, 0.3) is 10.0 Å². The number of amides is 2. The monoisotopic (exact) mass is 459 g/mol. The minimum absolute atomic E-state index is 0.00413. The van der Waals surface area contributed by atoms with E-state index in [1.807, 2.05) is 4.72 Å². The first kappa shape index (κ1) is 22.0. The number of carbonyl (C=O) groups excluding carboxylic acids is 2. The fourth-order valence-corrected chi connectivity index (χ4v) is 4.64. The third-order valence-corrected chi connectivity index (χ3v) is 6.70. The van der Waals surface area contributed by atoms with E-state index in [0.29, 0.717) is 17.5 Å². The van der Waals surface area contributed by atoms with Gasteiger partial charge in [-0.1, -0.05) is 24.3 Å². The lowest BCUT2D eigenvalue weighted by molar-refractivity contribution is -0.125. The number of sulfonamides is 1. The molecule has 4 rings (SSSR count). The van der Waals surface area contributed by atoms with Crippen LogP contribution < -0.4 is 15.4 Å². The van der Waals surface area contributed by atoms with Gasteiger partial charge in [-0.3, -0.25) is 9.59 Å². The number of nitrogens with one attached hydrogen (secondary N) is 3. The number of hydrogen-bond acceptors (Lipinski definition) is 6. The van der Waals surface area contributed by atoms with Crippen LogP contribution in [0.1, 0.15) is 29.0 Å². The van der Waals surface area contributed by atoms with E-state index in [-0.39, 0.29) is 17.6 Å². The quantitative estimate of drug-likeness (QED) is 0.521. The molecule has 3 N–H and O–H groups in total. The summed E-state index contributed by atoms with van der Waals surface area (Å²) in [5.74, 6) is -2.20. The fourth-order valence-electron chi connectivity index (χ4n) is 3.61. The molecule has 0 bridgehead atoms. The smallest absolute Gasteiger partial charge is 0.300 e. The molecule has 3 aromatic rings. The number of carbonyl (C=O) groups is 2. The van der Waals surface area contributed by atoms with E-state index in [9.17, 15) is 22.4 Å².